The number of hydrogen-bond donors (Lipinski definition) is 3. The van der Waals surface area contributed by atoms with Gasteiger partial charge in [-0.25, -0.2) is 17.6 Å². The number of nitrogens with zero attached hydrogens (tertiary/aromatic N) is 6. The van der Waals surface area contributed by atoms with Crippen LogP contribution in [0.25, 0.3) is 0 Å². The summed E-state index contributed by atoms with van der Waals surface area (Å²) in [5.74, 6) is -6.86. The zero-order valence-electron chi connectivity index (χ0n) is 40.2. The van der Waals surface area contributed by atoms with Crippen LogP contribution in [-0.4, -0.2) is 113 Å². The highest BCUT2D eigenvalue weighted by atomic mass is 19.1. The van der Waals surface area contributed by atoms with Crippen LogP contribution in [0.4, 0.5) is 17.6 Å². The smallest absolute Gasteiger partial charge is 0.278 e. The highest BCUT2D eigenvalue weighted by Crippen LogP contribution is 2.31. The lowest BCUT2D eigenvalue weighted by Crippen LogP contribution is -2.59. The summed E-state index contributed by atoms with van der Waals surface area (Å²) in [5.41, 5.74) is -1.89. The van der Waals surface area contributed by atoms with Crippen LogP contribution < -0.4 is 36.2 Å². The fraction of sp³-hybridized carbons (Fsp3) is 0.346. The molecule has 0 aliphatic carbocycles. The molecule has 5 aromatic rings. The van der Waals surface area contributed by atoms with Gasteiger partial charge in [0.05, 0.1) is 25.3 Å². The highest BCUT2D eigenvalue weighted by molar-refractivity contribution is 6.00. The van der Waals surface area contributed by atoms with Crippen LogP contribution in [0.15, 0.2) is 101 Å². The van der Waals surface area contributed by atoms with Crippen molar-refractivity contribution in [3.05, 3.63) is 174 Å². The van der Waals surface area contributed by atoms with Crippen molar-refractivity contribution in [2.75, 3.05) is 50.8 Å². The molecular weight excluding hydrogens is 973 g/mol. The quantitative estimate of drug-likeness (QED) is 0.107. The molecular formula is C52H56F4N8O10. The number of benzene rings is 3. The number of carbonyl (C=O) groups is 4. The monoisotopic (exact) mass is 1030 g/mol. The van der Waals surface area contributed by atoms with Crippen molar-refractivity contribution in [2.45, 2.75) is 78.0 Å². The van der Waals surface area contributed by atoms with E-state index in [0.29, 0.717) is 31.6 Å². The third kappa shape index (κ3) is 10.9. The minimum absolute atomic E-state index is 0. The van der Waals surface area contributed by atoms with Crippen molar-refractivity contribution >= 4 is 23.6 Å². The Balaban J connectivity index is 0.000000217. The molecule has 3 N–H and O–H groups in total. The molecule has 0 radical (unpaired) electrons. The lowest BCUT2D eigenvalue weighted by Gasteiger charge is -2.42. The average Bonchev–Trinajstić information content (AvgIpc) is 3.60. The molecule has 18 nitrogen and oxygen atoms in total. The Kier molecular flexibility index (Phi) is 16.6. The van der Waals surface area contributed by atoms with E-state index in [9.17, 15) is 51.4 Å². The van der Waals surface area contributed by atoms with Crippen LogP contribution >= 0.6 is 0 Å². The number of hydrogen-bond acceptors (Lipinski definition) is 12. The number of methoxy groups -OCH3 is 2. The second-order valence-corrected chi connectivity index (χ2v) is 17.8. The number of pyridine rings is 2. The first-order valence-electron chi connectivity index (χ1n) is 23.2. The maximum Gasteiger partial charge on any atom is 0.278 e. The summed E-state index contributed by atoms with van der Waals surface area (Å²) in [6.07, 6.45) is 7.70. The minimum atomic E-state index is -1.01. The molecule has 9 rings (SSSR count). The standard InChI is InChI=1S/C29H28F2N4O5.C22H24F2N4O5.CH4/c1-18-8-11-22(16-39-2)35-17-33(18)29(38)25-27(40-15-19-6-4-3-5-7-19)26(36)23(14-34(25)35)28(37)32-13-20-9-10-21(30)12-24(20)31;1-12-3-6-15(10-33-2)28-11-26(12)22(32)18-20(30)19(29)16(9-27(18)28)21(31)25-8-13-4-5-14(23)7-17(13)24;/h3-12,14,18,22H,13,15-17H2,1-2H3,(H,32,37);4-5,7,9,12,15,30H,3,6,8,10-11H2,1-2H3,(H,25,31);1H4/t18-,22-;12-,15-;/m00./s1. The van der Waals surface area contributed by atoms with E-state index < -0.39 is 69.1 Å². The van der Waals surface area contributed by atoms with Gasteiger partial charge in [-0.3, -0.25) is 48.1 Å². The molecule has 1 saturated heterocycles. The Morgan fingerprint density at radius 2 is 1.24 bits per heavy atom. The number of ether oxygens (including phenoxy) is 3. The molecule has 0 spiro atoms. The molecule has 4 bridgehead atoms. The van der Waals surface area contributed by atoms with E-state index in [1.807, 2.05) is 61.3 Å². The summed E-state index contributed by atoms with van der Waals surface area (Å²) < 4.78 is 74.0. The van der Waals surface area contributed by atoms with Gasteiger partial charge in [0.25, 0.3) is 23.6 Å². The lowest BCUT2D eigenvalue weighted by molar-refractivity contribution is 0.0615. The summed E-state index contributed by atoms with van der Waals surface area (Å²) >= 11 is 0. The van der Waals surface area contributed by atoms with Crippen LogP contribution in [0.5, 0.6) is 11.5 Å². The fourth-order valence-corrected chi connectivity index (χ4v) is 8.99. The number of aromatic nitrogens is 2. The molecule has 4 amide bonds. The predicted molar refractivity (Wildman–Crippen MR) is 263 cm³/mol. The fourth-order valence-electron chi connectivity index (χ4n) is 8.99. The van der Waals surface area contributed by atoms with Crippen molar-refractivity contribution in [1.82, 2.24) is 29.8 Å². The second kappa shape index (κ2) is 22.8. The van der Waals surface area contributed by atoms with Crippen molar-refractivity contribution in [1.29, 1.82) is 0 Å². The van der Waals surface area contributed by atoms with Crippen LogP contribution in [0.2, 0.25) is 0 Å². The van der Waals surface area contributed by atoms with Crippen LogP contribution in [-0.2, 0) is 29.2 Å². The van der Waals surface area contributed by atoms with E-state index in [-0.39, 0.29) is 105 Å². The van der Waals surface area contributed by atoms with Crippen molar-refractivity contribution in [3.63, 3.8) is 0 Å². The summed E-state index contributed by atoms with van der Waals surface area (Å²) in [7, 11) is 3.11. The summed E-state index contributed by atoms with van der Waals surface area (Å²) in [4.78, 5) is 82.5. The van der Waals surface area contributed by atoms with Gasteiger partial charge in [-0.2, -0.15) is 0 Å². The number of fused-ring (bicyclic) bond motifs is 8. The summed E-state index contributed by atoms with van der Waals surface area (Å²) in [6, 6.07) is 14.2. The van der Waals surface area contributed by atoms with Crippen molar-refractivity contribution in [2.24, 2.45) is 0 Å². The molecule has 74 heavy (non-hydrogen) atoms. The SMILES string of the molecule is C.COC[C@@H]1C=C[C@H](C)N2CN1n1cc(C(=O)NCc3ccc(F)cc3F)c(=O)c(OCc3ccccc3)c1C2=O.COC[C@@H]1CC[C@H](C)N2CN1n1cc(C(=O)NCc3ccc(F)cc3F)c(=O)c(O)c1C2=O. The van der Waals surface area contributed by atoms with Crippen molar-refractivity contribution in [3.8, 4) is 11.5 Å². The molecule has 2 aromatic heterocycles. The number of amides is 4. The number of halogens is 4. The van der Waals surface area contributed by atoms with Crippen LogP contribution in [0.1, 0.15) is 92.5 Å². The van der Waals surface area contributed by atoms with Gasteiger partial charge >= 0.3 is 0 Å². The van der Waals surface area contributed by atoms with Gasteiger partial charge in [-0.05, 0) is 44.4 Å². The number of carbonyl (C=O) groups excluding carboxylic acids is 4. The first-order chi connectivity index (χ1) is 35.0. The molecule has 6 heterocycles. The molecule has 392 valence electrons. The lowest BCUT2D eigenvalue weighted by atomic mass is 10.1. The Hall–Kier alpha value is -7.98. The Morgan fingerprint density at radius 1 is 0.689 bits per heavy atom. The largest absolute Gasteiger partial charge is 0.502 e. The molecule has 22 heteroatoms. The highest BCUT2D eigenvalue weighted by Gasteiger charge is 2.42. The number of rotatable bonds is 13. The van der Waals surface area contributed by atoms with E-state index in [1.54, 1.807) is 29.0 Å². The first-order valence-corrected chi connectivity index (χ1v) is 23.2. The van der Waals surface area contributed by atoms with Gasteiger partial charge in [0.15, 0.2) is 22.9 Å². The normalized spacial score (nSPS) is 18.5. The Morgan fingerprint density at radius 3 is 1.82 bits per heavy atom. The second-order valence-electron chi connectivity index (χ2n) is 17.8. The van der Waals surface area contributed by atoms with E-state index >= 15 is 0 Å². The van der Waals surface area contributed by atoms with Gasteiger partial charge in [0.1, 0.15) is 54.3 Å². The molecule has 1 fully saturated rings. The van der Waals surface area contributed by atoms with Crippen LogP contribution in [0.3, 0.4) is 0 Å². The first kappa shape index (κ1) is 53.8. The summed E-state index contributed by atoms with van der Waals surface area (Å²) in [5, 5.41) is 19.2. The van der Waals surface area contributed by atoms with Gasteiger partial charge in [0, 0.05) is 75.0 Å². The van der Waals surface area contributed by atoms with Gasteiger partial charge in [-0.15, -0.1) is 0 Å². The van der Waals surface area contributed by atoms with Crippen LogP contribution in [0, 0.1) is 23.3 Å². The average molecular weight is 1030 g/mol. The van der Waals surface area contributed by atoms with Gasteiger partial charge < -0.3 is 39.8 Å². The maximum atomic E-state index is 14.2. The van der Waals surface area contributed by atoms with E-state index in [2.05, 4.69) is 10.6 Å². The number of nitrogens with one attached hydrogen (secondary N) is 2. The predicted octanol–water partition coefficient (Wildman–Crippen LogP) is 4.91. The topological polar surface area (TPSA) is 197 Å². The van der Waals surface area contributed by atoms with E-state index in [0.717, 1.165) is 17.7 Å². The van der Waals surface area contributed by atoms with Gasteiger partial charge in [-0.1, -0.05) is 62.0 Å². The molecule has 3 aromatic carbocycles. The Bertz CT molecular complexity index is 3100. The number of aromatic hydroxyl groups is 1. The van der Waals surface area contributed by atoms with E-state index in [1.165, 1.54) is 33.9 Å². The zero-order valence-corrected chi connectivity index (χ0v) is 40.2. The molecule has 4 aliphatic heterocycles. The third-order valence-electron chi connectivity index (χ3n) is 13.1. The van der Waals surface area contributed by atoms with E-state index in [4.69, 9.17) is 14.2 Å². The molecule has 0 unspecified atom stereocenters. The Labute approximate surface area is 422 Å². The summed E-state index contributed by atoms with van der Waals surface area (Å²) in [6.45, 7) is 4.17. The zero-order chi connectivity index (χ0) is 52.2. The third-order valence-corrected chi connectivity index (χ3v) is 13.1. The molecule has 0 saturated carbocycles. The molecule has 4 atom stereocenters. The van der Waals surface area contributed by atoms with Crippen molar-refractivity contribution < 1.29 is 56.1 Å². The molecule has 4 aliphatic rings. The maximum absolute atomic E-state index is 14.2. The minimum Gasteiger partial charge on any atom is -0.502 e. The van der Waals surface area contributed by atoms with Gasteiger partial charge in [0.2, 0.25) is 10.9 Å².